The molecule has 0 fully saturated rings. The molecule has 9 nitrogen and oxygen atoms in total. The maximum absolute atomic E-state index is 12.9. The molecule has 0 saturated carbocycles. The summed E-state index contributed by atoms with van der Waals surface area (Å²) >= 11 is 0. The van der Waals surface area contributed by atoms with Gasteiger partial charge in [0, 0.05) is 12.8 Å². The molecule has 0 bridgehead atoms. The average molecular weight is 1380 g/mol. The zero-order chi connectivity index (χ0) is 71.1. The molecule has 0 aliphatic rings. The summed E-state index contributed by atoms with van der Waals surface area (Å²) in [6.07, 6.45) is 116. The number of carbonyl (C=O) groups is 2. The van der Waals surface area contributed by atoms with Gasteiger partial charge < -0.3 is 27.9 Å². The number of hydrogen-bond donors (Lipinski definition) is 0. The van der Waals surface area contributed by atoms with E-state index in [0.717, 1.165) is 128 Å². The summed E-state index contributed by atoms with van der Waals surface area (Å²) < 4.78 is 34.4. The van der Waals surface area contributed by atoms with Crippen LogP contribution in [0.2, 0.25) is 0 Å². The van der Waals surface area contributed by atoms with Crippen LogP contribution in [0.3, 0.4) is 0 Å². The van der Waals surface area contributed by atoms with E-state index in [2.05, 4.69) is 184 Å². The first-order chi connectivity index (χ1) is 48.0. The van der Waals surface area contributed by atoms with E-state index in [-0.39, 0.29) is 26.1 Å². The van der Waals surface area contributed by atoms with E-state index >= 15 is 0 Å². The molecular formula is C88H148NO8P. The van der Waals surface area contributed by atoms with Crippen molar-refractivity contribution in [2.75, 3.05) is 47.5 Å². The summed E-state index contributed by atoms with van der Waals surface area (Å²) in [5, 5.41) is 0. The van der Waals surface area contributed by atoms with Gasteiger partial charge >= 0.3 is 11.9 Å². The molecule has 2 unspecified atom stereocenters. The van der Waals surface area contributed by atoms with Gasteiger partial charge in [-0.3, -0.25) is 14.2 Å². The lowest BCUT2D eigenvalue weighted by atomic mass is 10.0. The number of unbranched alkanes of at least 4 members (excludes halogenated alkanes) is 30. The van der Waals surface area contributed by atoms with E-state index in [9.17, 15) is 19.0 Å². The third kappa shape index (κ3) is 80.3. The second-order valence-corrected chi connectivity index (χ2v) is 28.8. The number of rotatable bonds is 72. The molecule has 0 radical (unpaired) electrons. The molecule has 98 heavy (non-hydrogen) atoms. The van der Waals surface area contributed by atoms with E-state index in [1.807, 2.05) is 21.1 Å². The molecule has 0 amide bonds. The van der Waals surface area contributed by atoms with Crippen LogP contribution in [0.4, 0.5) is 0 Å². The van der Waals surface area contributed by atoms with Crippen LogP contribution in [0.15, 0.2) is 170 Å². The fourth-order valence-corrected chi connectivity index (χ4v) is 11.4. The number of phosphoric ester groups is 1. The predicted octanol–water partition coefficient (Wildman–Crippen LogP) is 26.2. The Kier molecular flexibility index (Phi) is 72.9. The first-order valence-corrected chi connectivity index (χ1v) is 41.3. The quantitative estimate of drug-likeness (QED) is 0.0195. The summed E-state index contributed by atoms with van der Waals surface area (Å²) in [6.45, 7) is 4.10. The summed E-state index contributed by atoms with van der Waals surface area (Å²) in [4.78, 5) is 38.2. The molecule has 0 heterocycles. The highest BCUT2D eigenvalue weighted by Crippen LogP contribution is 2.38. The third-order valence-electron chi connectivity index (χ3n) is 16.7. The van der Waals surface area contributed by atoms with Gasteiger partial charge in [-0.1, -0.05) is 344 Å². The minimum absolute atomic E-state index is 0.0433. The van der Waals surface area contributed by atoms with Crippen LogP contribution in [-0.4, -0.2) is 70.0 Å². The lowest BCUT2D eigenvalue weighted by Gasteiger charge is -2.28. The molecule has 0 aromatic rings. The van der Waals surface area contributed by atoms with Crippen molar-refractivity contribution in [3.8, 4) is 0 Å². The number of quaternary nitrogens is 1. The number of nitrogens with zero attached hydrogens (tertiary/aromatic N) is 1. The molecule has 0 aromatic heterocycles. The molecular weight excluding hydrogens is 1230 g/mol. The number of ether oxygens (including phenoxy) is 2. The summed E-state index contributed by atoms with van der Waals surface area (Å²) in [6, 6.07) is 0. The maximum atomic E-state index is 12.9. The fraction of sp³-hybridized carbons (Fsp3) is 0.659. The molecule has 0 N–H and O–H groups in total. The smallest absolute Gasteiger partial charge is 0.306 e. The van der Waals surface area contributed by atoms with Gasteiger partial charge in [0.05, 0.1) is 27.7 Å². The Labute approximate surface area is 604 Å². The molecule has 558 valence electrons. The first-order valence-electron chi connectivity index (χ1n) is 39.8. The van der Waals surface area contributed by atoms with Crippen molar-refractivity contribution in [1.82, 2.24) is 0 Å². The molecule has 0 rings (SSSR count). The van der Waals surface area contributed by atoms with Gasteiger partial charge in [-0.05, 0) is 135 Å². The molecule has 0 aromatic carbocycles. The Hall–Kier alpha value is -4.63. The number of hydrogen-bond acceptors (Lipinski definition) is 8. The molecule has 0 aliphatic heterocycles. The number of phosphoric acid groups is 1. The van der Waals surface area contributed by atoms with Crippen LogP contribution >= 0.6 is 7.82 Å². The zero-order valence-electron chi connectivity index (χ0n) is 63.7. The van der Waals surface area contributed by atoms with Crippen molar-refractivity contribution >= 4 is 19.8 Å². The van der Waals surface area contributed by atoms with Gasteiger partial charge in [-0.2, -0.15) is 0 Å². The van der Waals surface area contributed by atoms with E-state index in [4.69, 9.17) is 18.5 Å². The monoisotopic (exact) mass is 1380 g/mol. The maximum Gasteiger partial charge on any atom is 0.306 e. The number of allylic oxidation sites excluding steroid dienone is 28. The van der Waals surface area contributed by atoms with Crippen molar-refractivity contribution in [2.45, 2.75) is 328 Å². The lowest BCUT2D eigenvalue weighted by molar-refractivity contribution is -0.870. The summed E-state index contributed by atoms with van der Waals surface area (Å²) in [7, 11) is 1.14. The van der Waals surface area contributed by atoms with Gasteiger partial charge in [-0.25, -0.2) is 0 Å². The molecule has 0 aliphatic carbocycles. The topological polar surface area (TPSA) is 111 Å². The van der Waals surface area contributed by atoms with Crippen LogP contribution in [0.25, 0.3) is 0 Å². The highest BCUT2D eigenvalue weighted by Gasteiger charge is 2.22. The van der Waals surface area contributed by atoms with E-state index in [1.54, 1.807) is 0 Å². The van der Waals surface area contributed by atoms with Crippen LogP contribution in [-0.2, 0) is 32.7 Å². The lowest BCUT2D eigenvalue weighted by Crippen LogP contribution is -2.37. The van der Waals surface area contributed by atoms with Crippen LogP contribution in [0, 0.1) is 0 Å². The summed E-state index contributed by atoms with van der Waals surface area (Å²) in [5.74, 6) is -0.863. The normalized spacial score (nSPS) is 14.0. The standard InChI is InChI=1S/C88H148NO8P/c1-6-8-10-12-14-16-18-20-22-24-26-28-30-32-34-36-38-40-41-42-43-44-45-46-47-49-51-53-55-57-59-61-63-65-67-69-71-73-75-77-79-81-88(91)97-86(85-96-98(92,93)95-83-82-89(3,4)5)84-94-87(90)80-78-76-74-72-70-68-66-64-62-60-58-56-54-52-50-48-39-37-35-33-31-29-27-25-23-21-19-17-15-13-11-9-7-2/h8,10,14,16,19-22,25-28,32,34,38,40,42-43,45-46,49,51,55,57,61,63,67,69,86H,6-7,9,11-13,15,17-18,23-24,29-31,33,35-37,39,41,44,47-48,50,52-54,56,58-60,62,64-66,68,70-85H2,1-5H3/b10-8-,16-14-,21-19-,22-20-,27-25-,28-26-,34-32-,40-38-,43-42-,46-45-,51-49-,57-55-,63-61-,69-67-. The van der Waals surface area contributed by atoms with Crippen molar-refractivity contribution in [3.05, 3.63) is 170 Å². The predicted molar refractivity (Wildman–Crippen MR) is 424 cm³/mol. The Morgan fingerprint density at radius 2 is 0.582 bits per heavy atom. The molecule has 2 atom stereocenters. The Morgan fingerprint density at radius 3 is 0.867 bits per heavy atom. The van der Waals surface area contributed by atoms with Crippen molar-refractivity contribution in [2.24, 2.45) is 0 Å². The second-order valence-electron chi connectivity index (χ2n) is 27.3. The van der Waals surface area contributed by atoms with Crippen molar-refractivity contribution in [3.63, 3.8) is 0 Å². The minimum atomic E-state index is -4.66. The van der Waals surface area contributed by atoms with Crippen LogP contribution in [0.1, 0.15) is 322 Å². The number of carbonyl (C=O) groups excluding carboxylic acids is 2. The SMILES string of the molecule is CC/C=C\C/C=C\C/C=C\C/C=C\C/C=C\C/C=C\C/C=C\C/C=C\C/C=C\C/C=C\C/C=C\C/C=C\CCCCCCC(=O)OC(COC(=O)CCCCCCCCCCCCCCCCCCCCCCC/C=C\C/C=C\CCCCCCC)COP(=O)([O-])OCC[N+](C)(C)C. The van der Waals surface area contributed by atoms with Gasteiger partial charge in [-0.15, -0.1) is 0 Å². The Balaban J connectivity index is 4.10. The summed E-state index contributed by atoms with van der Waals surface area (Å²) in [5.41, 5.74) is 0. The molecule has 10 heteroatoms. The van der Waals surface area contributed by atoms with E-state index in [1.165, 1.54) is 161 Å². The minimum Gasteiger partial charge on any atom is -0.756 e. The van der Waals surface area contributed by atoms with E-state index in [0.29, 0.717) is 17.4 Å². The van der Waals surface area contributed by atoms with Gasteiger partial charge in [0.15, 0.2) is 6.10 Å². The number of esters is 2. The highest BCUT2D eigenvalue weighted by atomic mass is 31.2. The third-order valence-corrected chi connectivity index (χ3v) is 17.7. The van der Waals surface area contributed by atoms with Crippen molar-refractivity contribution in [1.29, 1.82) is 0 Å². The average Bonchev–Trinajstić information content (AvgIpc) is 1.08. The first kappa shape index (κ1) is 93.4. The zero-order valence-corrected chi connectivity index (χ0v) is 64.6. The van der Waals surface area contributed by atoms with Crippen LogP contribution < -0.4 is 4.89 Å². The Bertz CT molecular complexity index is 2270. The Morgan fingerprint density at radius 1 is 0.327 bits per heavy atom. The van der Waals surface area contributed by atoms with Crippen molar-refractivity contribution < 1.29 is 42.1 Å². The second kappa shape index (κ2) is 76.5. The number of likely N-dealkylation sites (N-methyl/N-ethyl adjacent to an activating group) is 1. The molecule has 0 saturated heterocycles. The van der Waals surface area contributed by atoms with E-state index < -0.39 is 32.5 Å². The fourth-order valence-electron chi connectivity index (χ4n) is 10.7. The molecule has 0 spiro atoms. The van der Waals surface area contributed by atoms with Gasteiger partial charge in [0.2, 0.25) is 0 Å². The highest BCUT2D eigenvalue weighted by molar-refractivity contribution is 7.45. The van der Waals surface area contributed by atoms with Gasteiger partial charge in [0.1, 0.15) is 19.8 Å². The van der Waals surface area contributed by atoms with Gasteiger partial charge in [0.25, 0.3) is 7.82 Å². The van der Waals surface area contributed by atoms with Crippen LogP contribution in [0.5, 0.6) is 0 Å². The largest absolute Gasteiger partial charge is 0.756 e.